The molecule has 0 aliphatic heterocycles. The van der Waals surface area contributed by atoms with Crippen LogP contribution in [-0.2, 0) is 4.79 Å². The third-order valence-electron chi connectivity index (χ3n) is 3.73. The minimum Gasteiger partial charge on any atom is -0.385 e. The third kappa shape index (κ3) is 5.33. The maximum atomic E-state index is 11.9. The third-order valence-corrected chi connectivity index (χ3v) is 3.73. The van der Waals surface area contributed by atoms with Gasteiger partial charge in [0.15, 0.2) is 0 Å². The summed E-state index contributed by atoms with van der Waals surface area (Å²) >= 11 is 0. The summed E-state index contributed by atoms with van der Waals surface area (Å²) in [6.07, 6.45) is 0.437. The summed E-state index contributed by atoms with van der Waals surface area (Å²) in [7, 11) is 0. The number of hydrogen-bond donors (Lipinski definition) is 2. The number of para-hydroxylation sites is 1. The molecule has 0 heterocycles. The summed E-state index contributed by atoms with van der Waals surface area (Å²) in [6, 6.07) is 17.9. The van der Waals surface area contributed by atoms with Crippen molar-refractivity contribution in [2.75, 3.05) is 35.2 Å². The first kappa shape index (κ1) is 16.9. The van der Waals surface area contributed by atoms with Gasteiger partial charge in [-0.3, -0.25) is 4.79 Å². The van der Waals surface area contributed by atoms with E-state index in [9.17, 15) is 4.79 Å². The van der Waals surface area contributed by atoms with Crippen molar-refractivity contribution < 1.29 is 4.79 Å². The number of rotatable bonds is 8. The Bertz CT molecular complexity index is 592. The van der Waals surface area contributed by atoms with Crippen molar-refractivity contribution in [1.29, 1.82) is 0 Å². The molecule has 2 aromatic carbocycles. The minimum atomic E-state index is 0.0171. The van der Waals surface area contributed by atoms with Gasteiger partial charge in [0.2, 0.25) is 5.91 Å². The molecule has 2 N–H and O–H groups in total. The second-order valence-electron chi connectivity index (χ2n) is 5.31. The van der Waals surface area contributed by atoms with Crippen LogP contribution < -0.4 is 15.5 Å². The molecule has 0 unspecified atom stereocenters. The molecule has 0 radical (unpaired) electrons. The lowest BCUT2D eigenvalue weighted by atomic mass is 10.2. The predicted octanol–water partition coefficient (Wildman–Crippen LogP) is 3.97. The molecule has 0 atom stereocenters. The number of nitrogens with zero attached hydrogens (tertiary/aromatic N) is 1. The van der Waals surface area contributed by atoms with Crippen molar-refractivity contribution in [3.8, 4) is 0 Å². The second kappa shape index (κ2) is 8.83. The van der Waals surface area contributed by atoms with Crippen LogP contribution in [0.1, 0.15) is 20.3 Å². The lowest BCUT2D eigenvalue weighted by molar-refractivity contribution is -0.115. The highest BCUT2D eigenvalue weighted by Crippen LogP contribution is 2.17. The molecule has 2 rings (SSSR count). The fourth-order valence-electron chi connectivity index (χ4n) is 2.44. The quantitative estimate of drug-likeness (QED) is 0.775. The van der Waals surface area contributed by atoms with Crippen LogP contribution >= 0.6 is 0 Å². The van der Waals surface area contributed by atoms with Gasteiger partial charge in [0.05, 0.1) is 0 Å². The maximum absolute atomic E-state index is 11.9. The van der Waals surface area contributed by atoms with Crippen LogP contribution in [0.15, 0.2) is 54.6 Å². The van der Waals surface area contributed by atoms with E-state index in [-0.39, 0.29) is 5.91 Å². The number of carbonyl (C=O) groups is 1. The summed E-state index contributed by atoms with van der Waals surface area (Å²) in [5, 5.41) is 6.17. The van der Waals surface area contributed by atoms with Crippen LogP contribution in [0, 0.1) is 0 Å². The molecule has 4 nitrogen and oxygen atoms in total. The van der Waals surface area contributed by atoms with Crippen LogP contribution in [-0.4, -0.2) is 25.5 Å². The number of amides is 1. The van der Waals surface area contributed by atoms with Gasteiger partial charge >= 0.3 is 0 Å². The van der Waals surface area contributed by atoms with E-state index >= 15 is 0 Å². The van der Waals surface area contributed by atoms with Gasteiger partial charge in [0, 0.05) is 43.1 Å². The van der Waals surface area contributed by atoms with E-state index in [0.717, 1.165) is 24.5 Å². The Hall–Kier alpha value is -2.49. The maximum Gasteiger partial charge on any atom is 0.226 e. The van der Waals surface area contributed by atoms with E-state index in [2.05, 4.69) is 53.6 Å². The minimum absolute atomic E-state index is 0.0171. The predicted molar refractivity (Wildman–Crippen MR) is 98.2 cm³/mol. The summed E-state index contributed by atoms with van der Waals surface area (Å²) in [4.78, 5) is 14.2. The fraction of sp³-hybridized carbons (Fsp3) is 0.316. The molecule has 0 aliphatic rings. The van der Waals surface area contributed by atoms with Gasteiger partial charge in [-0.15, -0.1) is 0 Å². The van der Waals surface area contributed by atoms with Crippen molar-refractivity contribution >= 4 is 23.0 Å². The summed E-state index contributed by atoms with van der Waals surface area (Å²) < 4.78 is 0. The first-order valence-electron chi connectivity index (χ1n) is 8.16. The SMILES string of the molecule is CCN(CC)c1ccc(NCCC(=O)Nc2ccccc2)cc1. The topological polar surface area (TPSA) is 44.4 Å². The Morgan fingerprint density at radius 3 is 2.17 bits per heavy atom. The molecule has 1 amide bonds. The lowest BCUT2D eigenvalue weighted by Crippen LogP contribution is -2.21. The average molecular weight is 311 g/mol. The number of nitrogens with one attached hydrogen (secondary N) is 2. The Morgan fingerprint density at radius 2 is 1.57 bits per heavy atom. The van der Waals surface area contributed by atoms with Crippen molar-refractivity contribution in [3.63, 3.8) is 0 Å². The lowest BCUT2D eigenvalue weighted by Gasteiger charge is -2.21. The van der Waals surface area contributed by atoms with E-state index in [0.29, 0.717) is 13.0 Å². The fourth-order valence-corrected chi connectivity index (χ4v) is 2.44. The van der Waals surface area contributed by atoms with E-state index in [1.54, 1.807) is 0 Å². The molecular weight excluding hydrogens is 286 g/mol. The molecule has 0 spiro atoms. The van der Waals surface area contributed by atoms with Crippen molar-refractivity contribution in [1.82, 2.24) is 0 Å². The standard InChI is InChI=1S/C19H25N3O/c1-3-22(4-2)18-12-10-16(11-13-18)20-15-14-19(23)21-17-8-6-5-7-9-17/h5-13,20H,3-4,14-15H2,1-2H3,(H,21,23). The molecule has 0 saturated carbocycles. The Balaban J connectivity index is 1.76. The van der Waals surface area contributed by atoms with Crippen LogP contribution in [0.3, 0.4) is 0 Å². The van der Waals surface area contributed by atoms with E-state index in [1.165, 1.54) is 5.69 Å². The molecular formula is C19H25N3O. The van der Waals surface area contributed by atoms with Crippen LogP contribution in [0.5, 0.6) is 0 Å². The molecule has 0 aromatic heterocycles. The Morgan fingerprint density at radius 1 is 0.913 bits per heavy atom. The first-order valence-corrected chi connectivity index (χ1v) is 8.16. The highest BCUT2D eigenvalue weighted by atomic mass is 16.1. The molecule has 2 aromatic rings. The number of carbonyl (C=O) groups excluding carboxylic acids is 1. The number of benzene rings is 2. The zero-order chi connectivity index (χ0) is 16.5. The van der Waals surface area contributed by atoms with Gasteiger partial charge in [0.25, 0.3) is 0 Å². The molecule has 0 aliphatic carbocycles. The Labute approximate surface area is 138 Å². The highest BCUT2D eigenvalue weighted by Gasteiger charge is 2.03. The molecule has 0 fully saturated rings. The van der Waals surface area contributed by atoms with E-state index in [4.69, 9.17) is 0 Å². The van der Waals surface area contributed by atoms with Crippen LogP contribution in [0.2, 0.25) is 0 Å². The van der Waals surface area contributed by atoms with E-state index in [1.807, 2.05) is 30.3 Å². The molecule has 0 saturated heterocycles. The largest absolute Gasteiger partial charge is 0.385 e. The van der Waals surface area contributed by atoms with Gasteiger partial charge in [-0.05, 0) is 50.2 Å². The normalized spacial score (nSPS) is 10.2. The molecule has 122 valence electrons. The summed E-state index contributed by atoms with van der Waals surface area (Å²) in [6.45, 7) is 6.93. The first-order chi connectivity index (χ1) is 11.2. The Kier molecular flexibility index (Phi) is 6.48. The van der Waals surface area contributed by atoms with Crippen molar-refractivity contribution in [2.24, 2.45) is 0 Å². The van der Waals surface area contributed by atoms with Gasteiger partial charge < -0.3 is 15.5 Å². The summed E-state index contributed by atoms with van der Waals surface area (Å²) in [5.41, 5.74) is 3.09. The zero-order valence-corrected chi connectivity index (χ0v) is 13.9. The van der Waals surface area contributed by atoms with Crippen LogP contribution in [0.25, 0.3) is 0 Å². The van der Waals surface area contributed by atoms with Gasteiger partial charge in [-0.25, -0.2) is 0 Å². The average Bonchev–Trinajstić information content (AvgIpc) is 2.58. The van der Waals surface area contributed by atoms with Crippen molar-refractivity contribution in [2.45, 2.75) is 20.3 Å². The molecule has 23 heavy (non-hydrogen) atoms. The second-order valence-corrected chi connectivity index (χ2v) is 5.31. The van der Waals surface area contributed by atoms with Crippen molar-refractivity contribution in [3.05, 3.63) is 54.6 Å². The molecule has 0 bridgehead atoms. The zero-order valence-electron chi connectivity index (χ0n) is 13.9. The summed E-state index contributed by atoms with van der Waals surface area (Å²) in [5.74, 6) is 0.0171. The van der Waals surface area contributed by atoms with Gasteiger partial charge in [-0.2, -0.15) is 0 Å². The monoisotopic (exact) mass is 311 g/mol. The van der Waals surface area contributed by atoms with Crippen LogP contribution in [0.4, 0.5) is 17.1 Å². The van der Waals surface area contributed by atoms with E-state index < -0.39 is 0 Å². The number of anilines is 3. The van der Waals surface area contributed by atoms with Gasteiger partial charge in [-0.1, -0.05) is 18.2 Å². The van der Waals surface area contributed by atoms with Gasteiger partial charge in [0.1, 0.15) is 0 Å². The number of hydrogen-bond acceptors (Lipinski definition) is 3. The smallest absolute Gasteiger partial charge is 0.226 e. The molecule has 4 heteroatoms. The highest BCUT2D eigenvalue weighted by molar-refractivity contribution is 5.90.